The second-order valence-electron chi connectivity index (χ2n) is 9.23. The number of amides is 2. The first kappa shape index (κ1) is 26.7. The molecule has 1 saturated heterocycles. The molecule has 0 radical (unpaired) electrons. The molecule has 6 nitrogen and oxygen atoms in total. The van der Waals surface area contributed by atoms with Gasteiger partial charge in [0.1, 0.15) is 5.75 Å². The summed E-state index contributed by atoms with van der Waals surface area (Å²) in [4.78, 5) is 33.0. The van der Waals surface area contributed by atoms with Crippen molar-refractivity contribution in [2.24, 2.45) is 0 Å². The lowest BCUT2D eigenvalue weighted by Gasteiger charge is -2.37. The molecular formula is C29H26F3N3O3S. The van der Waals surface area contributed by atoms with Crippen LogP contribution in [0.2, 0.25) is 0 Å². The van der Waals surface area contributed by atoms with Crippen LogP contribution in [0.15, 0.2) is 76.5 Å². The van der Waals surface area contributed by atoms with Gasteiger partial charge in [-0.3, -0.25) is 9.59 Å². The first-order valence-electron chi connectivity index (χ1n) is 12.3. The molecule has 5 rings (SSSR count). The minimum absolute atomic E-state index is 0.102. The number of thioether (sulfide) groups is 1. The van der Waals surface area contributed by atoms with Crippen LogP contribution in [0, 0.1) is 0 Å². The fourth-order valence-electron chi connectivity index (χ4n) is 4.67. The standard InChI is InChI=1S/C29H26F3N3O3S/c1-33-23-18-20(27(36)35-15-13-34(14-16-35)22-5-3-4-6-24(22)38-2)9-12-25(23)39-26(28(33)37)17-19-7-10-21(11-8-19)29(30,31)32/h3-12,17-18H,13-16H2,1-2H3. The Balaban J connectivity index is 1.29. The van der Waals surface area contributed by atoms with E-state index in [1.54, 1.807) is 37.3 Å². The van der Waals surface area contributed by atoms with Gasteiger partial charge in [0.15, 0.2) is 0 Å². The summed E-state index contributed by atoms with van der Waals surface area (Å²) in [6, 6.07) is 17.8. The van der Waals surface area contributed by atoms with Gasteiger partial charge >= 0.3 is 6.18 Å². The van der Waals surface area contributed by atoms with Gasteiger partial charge < -0.3 is 19.4 Å². The fraction of sp³-hybridized carbons (Fsp3) is 0.241. The number of anilines is 2. The molecule has 2 aliphatic rings. The number of piperazine rings is 1. The van der Waals surface area contributed by atoms with Gasteiger partial charge in [-0.2, -0.15) is 13.2 Å². The van der Waals surface area contributed by atoms with Crippen LogP contribution < -0.4 is 14.5 Å². The van der Waals surface area contributed by atoms with E-state index in [1.807, 2.05) is 30.3 Å². The van der Waals surface area contributed by atoms with Gasteiger partial charge in [0, 0.05) is 43.7 Å². The van der Waals surface area contributed by atoms with Crippen molar-refractivity contribution in [3.8, 4) is 5.75 Å². The lowest BCUT2D eigenvalue weighted by Crippen LogP contribution is -2.49. The topological polar surface area (TPSA) is 53.1 Å². The van der Waals surface area contributed by atoms with E-state index in [4.69, 9.17) is 4.74 Å². The summed E-state index contributed by atoms with van der Waals surface area (Å²) in [5, 5.41) is 0. The molecule has 0 N–H and O–H groups in total. The summed E-state index contributed by atoms with van der Waals surface area (Å²) in [7, 11) is 3.27. The van der Waals surface area contributed by atoms with Crippen molar-refractivity contribution in [2.75, 3.05) is 50.1 Å². The van der Waals surface area contributed by atoms with Crippen molar-refractivity contribution >= 4 is 41.0 Å². The molecular weight excluding hydrogens is 527 g/mol. The Bertz CT molecular complexity index is 1430. The number of para-hydroxylation sites is 2. The van der Waals surface area contributed by atoms with Crippen molar-refractivity contribution in [1.82, 2.24) is 4.90 Å². The van der Waals surface area contributed by atoms with E-state index in [1.165, 1.54) is 28.8 Å². The lowest BCUT2D eigenvalue weighted by atomic mass is 10.1. The summed E-state index contributed by atoms with van der Waals surface area (Å²) in [6.45, 7) is 2.45. The molecule has 0 saturated carbocycles. The zero-order valence-electron chi connectivity index (χ0n) is 21.4. The number of methoxy groups -OCH3 is 1. The van der Waals surface area contributed by atoms with Crippen molar-refractivity contribution in [3.05, 3.63) is 88.3 Å². The number of likely N-dealkylation sites (N-methyl/N-ethyl adjacent to an activating group) is 1. The lowest BCUT2D eigenvalue weighted by molar-refractivity contribution is -0.137. The normalized spacial score (nSPS) is 16.9. The quantitative estimate of drug-likeness (QED) is 0.383. The molecule has 1 fully saturated rings. The van der Waals surface area contributed by atoms with Crippen molar-refractivity contribution in [2.45, 2.75) is 11.1 Å². The highest BCUT2D eigenvalue weighted by Gasteiger charge is 2.31. The number of halogens is 3. The van der Waals surface area contributed by atoms with Crippen LogP contribution in [0.3, 0.4) is 0 Å². The minimum atomic E-state index is -4.42. The molecule has 3 aromatic carbocycles. The Hall–Kier alpha value is -3.92. The van der Waals surface area contributed by atoms with Crippen molar-refractivity contribution < 1.29 is 27.5 Å². The second kappa shape index (κ2) is 10.7. The van der Waals surface area contributed by atoms with Crippen LogP contribution in [-0.2, 0) is 11.0 Å². The van der Waals surface area contributed by atoms with E-state index in [9.17, 15) is 22.8 Å². The SMILES string of the molecule is COc1ccccc1N1CCN(C(=O)c2ccc3c(c2)N(C)C(=O)C(=Cc2ccc(C(F)(F)F)cc2)S3)CC1. The van der Waals surface area contributed by atoms with Gasteiger partial charge in [0.2, 0.25) is 0 Å². The van der Waals surface area contributed by atoms with Crippen LogP contribution in [0.1, 0.15) is 21.5 Å². The van der Waals surface area contributed by atoms with E-state index in [2.05, 4.69) is 4.90 Å². The number of nitrogens with zero attached hydrogens (tertiary/aromatic N) is 3. The van der Waals surface area contributed by atoms with Crippen LogP contribution in [0.25, 0.3) is 6.08 Å². The maximum atomic E-state index is 13.3. The Morgan fingerprint density at radius 2 is 1.64 bits per heavy atom. The predicted octanol–water partition coefficient (Wildman–Crippen LogP) is 5.79. The van der Waals surface area contributed by atoms with Gasteiger partial charge in [0.25, 0.3) is 11.8 Å². The molecule has 3 aromatic rings. The van der Waals surface area contributed by atoms with E-state index in [0.29, 0.717) is 47.9 Å². The third-order valence-electron chi connectivity index (χ3n) is 6.83. The van der Waals surface area contributed by atoms with E-state index >= 15 is 0 Å². The molecule has 2 amide bonds. The summed E-state index contributed by atoms with van der Waals surface area (Å²) in [5.74, 6) is 0.403. The average molecular weight is 554 g/mol. The molecule has 0 bridgehead atoms. The largest absolute Gasteiger partial charge is 0.495 e. The molecule has 0 unspecified atom stereocenters. The molecule has 202 valence electrons. The molecule has 10 heteroatoms. The Morgan fingerprint density at radius 1 is 0.949 bits per heavy atom. The highest BCUT2D eigenvalue weighted by Crippen LogP contribution is 2.42. The highest BCUT2D eigenvalue weighted by atomic mass is 32.2. The van der Waals surface area contributed by atoms with Crippen molar-refractivity contribution in [3.63, 3.8) is 0 Å². The number of rotatable bonds is 4. The molecule has 0 spiro atoms. The van der Waals surface area contributed by atoms with Crippen LogP contribution in [-0.4, -0.2) is 57.1 Å². The smallest absolute Gasteiger partial charge is 0.416 e. The molecule has 2 heterocycles. The first-order valence-corrected chi connectivity index (χ1v) is 13.1. The summed E-state index contributed by atoms with van der Waals surface area (Å²) >= 11 is 1.24. The number of carbonyl (C=O) groups is 2. The van der Waals surface area contributed by atoms with Gasteiger partial charge in [-0.1, -0.05) is 36.0 Å². The number of carbonyl (C=O) groups excluding carboxylic acids is 2. The minimum Gasteiger partial charge on any atom is -0.495 e. The molecule has 0 atom stereocenters. The predicted molar refractivity (Wildman–Crippen MR) is 146 cm³/mol. The summed E-state index contributed by atoms with van der Waals surface area (Å²) < 4.78 is 44.1. The number of hydrogen-bond donors (Lipinski definition) is 0. The Kier molecular flexibility index (Phi) is 7.31. The number of ether oxygens (including phenoxy) is 1. The van der Waals surface area contributed by atoms with Crippen molar-refractivity contribution in [1.29, 1.82) is 0 Å². The number of hydrogen-bond acceptors (Lipinski definition) is 5. The zero-order chi connectivity index (χ0) is 27.7. The van der Waals surface area contributed by atoms with Gasteiger partial charge in [-0.05, 0) is 54.1 Å². The Morgan fingerprint density at radius 3 is 2.31 bits per heavy atom. The van der Waals surface area contributed by atoms with Gasteiger partial charge in [0.05, 0.1) is 29.0 Å². The zero-order valence-corrected chi connectivity index (χ0v) is 22.2. The molecule has 0 aromatic heterocycles. The number of fused-ring (bicyclic) bond motifs is 1. The van der Waals surface area contributed by atoms with Gasteiger partial charge in [-0.25, -0.2) is 0 Å². The summed E-state index contributed by atoms with van der Waals surface area (Å²) in [5.41, 5.74) is 1.86. The number of alkyl halides is 3. The number of benzene rings is 3. The summed E-state index contributed by atoms with van der Waals surface area (Å²) in [6.07, 6.45) is -2.84. The molecule has 39 heavy (non-hydrogen) atoms. The Labute approximate surface area is 228 Å². The highest BCUT2D eigenvalue weighted by molar-refractivity contribution is 8.04. The van der Waals surface area contributed by atoms with Crippen LogP contribution >= 0.6 is 11.8 Å². The van der Waals surface area contributed by atoms with Gasteiger partial charge in [-0.15, -0.1) is 0 Å². The maximum Gasteiger partial charge on any atom is 0.416 e. The molecule has 2 aliphatic heterocycles. The van der Waals surface area contributed by atoms with Crippen LogP contribution in [0.5, 0.6) is 5.75 Å². The molecule has 0 aliphatic carbocycles. The average Bonchev–Trinajstić information content (AvgIpc) is 2.95. The monoisotopic (exact) mass is 553 g/mol. The third-order valence-corrected chi connectivity index (χ3v) is 7.91. The van der Waals surface area contributed by atoms with E-state index in [-0.39, 0.29) is 11.8 Å². The third kappa shape index (κ3) is 5.47. The van der Waals surface area contributed by atoms with E-state index in [0.717, 1.165) is 28.5 Å². The van der Waals surface area contributed by atoms with Crippen LogP contribution in [0.4, 0.5) is 24.5 Å². The second-order valence-corrected chi connectivity index (χ2v) is 10.3. The fourth-order valence-corrected chi connectivity index (χ4v) is 5.76. The van der Waals surface area contributed by atoms with E-state index < -0.39 is 11.7 Å². The first-order chi connectivity index (χ1) is 18.7. The maximum absolute atomic E-state index is 13.3.